The zero-order valence-corrected chi connectivity index (χ0v) is 15.7. The number of phenolic OH excluding ortho intramolecular Hbond substituents is 3. The lowest BCUT2D eigenvalue weighted by Gasteiger charge is -2.13. The molecule has 0 unspecified atom stereocenters. The fourth-order valence-electron chi connectivity index (χ4n) is 3.19. The maximum absolute atomic E-state index is 13.2. The van der Waals surface area contributed by atoms with Crippen molar-refractivity contribution in [2.75, 3.05) is 7.11 Å². The smallest absolute Gasteiger partial charge is 0.204 e. The minimum absolute atomic E-state index is 0.0504. The summed E-state index contributed by atoms with van der Waals surface area (Å²) < 4.78 is 10.8. The van der Waals surface area contributed by atoms with Gasteiger partial charge in [-0.25, -0.2) is 0 Å². The molecule has 7 nitrogen and oxygen atoms in total. The fraction of sp³-hybridized carbons (Fsp3) is 0.238. The highest BCUT2D eigenvalue weighted by molar-refractivity contribution is 5.99. The first-order chi connectivity index (χ1) is 13.3. The quantitative estimate of drug-likeness (QED) is 0.351. The van der Waals surface area contributed by atoms with Gasteiger partial charge in [-0.3, -0.25) is 4.79 Å². The molecule has 0 aliphatic carbocycles. The molecule has 1 aromatic heterocycles. The summed E-state index contributed by atoms with van der Waals surface area (Å²) in [6, 6.07) is 2.48. The van der Waals surface area contributed by atoms with Crippen LogP contribution in [0.4, 0.5) is 0 Å². The van der Waals surface area contributed by atoms with Crippen LogP contribution in [0.5, 0.6) is 23.0 Å². The number of hydrogen-bond acceptors (Lipinski definition) is 7. The van der Waals surface area contributed by atoms with Crippen LogP contribution in [0.25, 0.3) is 21.9 Å². The van der Waals surface area contributed by atoms with Gasteiger partial charge in [0.1, 0.15) is 34.5 Å². The van der Waals surface area contributed by atoms with Gasteiger partial charge in [0.05, 0.1) is 12.5 Å². The van der Waals surface area contributed by atoms with E-state index in [1.807, 2.05) is 13.8 Å². The lowest BCUT2D eigenvalue weighted by molar-refractivity contribution is -0.107. The van der Waals surface area contributed by atoms with Crippen LogP contribution in [-0.4, -0.2) is 28.7 Å². The number of benzene rings is 2. The van der Waals surface area contributed by atoms with E-state index < -0.39 is 11.2 Å². The van der Waals surface area contributed by atoms with E-state index in [0.29, 0.717) is 6.29 Å². The van der Waals surface area contributed by atoms with Crippen molar-refractivity contribution in [1.82, 2.24) is 0 Å². The molecule has 0 aliphatic rings. The van der Waals surface area contributed by atoms with Crippen molar-refractivity contribution in [2.24, 2.45) is 0 Å². The van der Waals surface area contributed by atoms with Crippen LogP contribution in [0, 0.1) is 0 Å². The topological polar surface area (TPSA) is 117 Å². The molecule has 0 saturated carbocycles. The molecule has 0 saturated heterocycles. The summed E-state index contributed by atoms with van der Waals surface area (Å²) in [5, 5.41) is 31.0. The number of ether oxygens (including phenoxy) is 1. The Balaban J connectivity index is 2.49. The molecule has 3 aromatic rings. The monoisotopic (exact) mass is 384 g/mol. The zero-order valence-electron chi connectivity index (χ0n) is 15.7. The van der Waals surface area contributed by atoms with Gasteiger partial charge in [-0.2, -0.15) is 0 Å². The highest BCUT2D eigenvalue weighted by Gasteiger charge is 2.23. The van der Waals surface area contributed by atoms with E-state index in [2.05, 4.69) is 0 Å². The van der Waals surface area contributed by atoms with Gasteiger partial charge in [-0.15, -0.1) is 0 Å². The maximum atomic E-state index is 13.2. The number of aldehydes is 1. The number of aromatic hydroxyl groups is 3. The molecule has 146 valence electrons. The van der Waals surface area contributed by atoms with Crippen LogP contribution in [-0.2, 0) is 17.6 Å². The van der Waals surface area contributed by atoms with Gasteiger partial charge in [0.2, 0.25) is 5.43 Å². The molecule has 7 heteroatoms. The second-order valence-electron chi connectivity index (χ2n) is 6.66. The Labute approximate surface area is 160 Å². The molecule has 2 aromatic carbocycles. The third-order valence-corrected chi connectivity index (χ3v) is 4.56. The van der Waals surface area contributed by atoms with E-state index in [4.69, 9.17) is 9.15 Å². The molecule has 3 rings (SSSR count). The SMILES string of the molecule is COc1cc(O)c2oc3cc(O)c(CC=C(C)C)c(O)c3c(=O)c2c1CC=O. The summed E-state index contributed by atoms with van der Waals surface area (Å²) in [5.41, 5.74) is 0.561. The second-order valence-corrected chi connectivity index (χ2v) is 6.66. The minimum Gasteiger partial charge on any atom is -0.507 e. The van der Waals surface area contributed by atoms with Crippen molar-refractivity contribution < 1.29 is 29.3 Å². The summed E-state index contributed by atoms with van der Waals surface area (Å²) in [7, 11) is 1.35. The zero-order chi connectivity index (χ0) is 20.6. The van der Waals surface area contributed by atoms with Crippen LogP contribution < -0.4 is 10.2 Å². The van der Waals surface area contributed by atoms with Gasteiger partial charge in [0.15, 0.2) is 11.3 Å². The van der Waals surface area contributed by atoms with Crippen molar-refractivity contribution in [3.63, 3.8) is 0 Å². The Morgan fingerprint density at radius 2 is 1.79 bits per heavy atom. The highest BCUT2D eigenvalue weighted by atomic mass is 16.5. The number of phenols is 3. The van der Waals surface area contributed by atoms with Crippen molar-refractivity contribution in [2.45, 2.75) is 26.7 Å². The Kier molecular flexibility index (Phi) is 5.00. The van der Waals surface area contributed by atoms with E-state index in [-0.39, 0.29) is 63.2 Å². The maximum Gasteiger partial charge on any atom is 0.204 e. The molecule has 1 heterocycles. The summed E-state index contributed by atoms with van der Waals surface area (Å²) in [4.78, 5) is 24.3. The Hall–Kier alpha value is -3.48. The van der Waals surface area contributed by atoms with Gasteiger partial charge in [0.25, 0.3) is 0 Å². The molecule has 0 aliphatic heterocycles. The van der Waals surface area contributed by atoms with Crippen LogP contribution >= 0.6 is 0 Å². The standard InChI is InChI=1S/C21H20O7/c1-10(2)4-5-11-13(23)8-16-18(19(11)25)20(26)17-12(6-7-22)15(27-3)9-14(24)21(17)28-16/h4,7-9,23-25H,5-6H2,1-3H3. The third kappa shape index (κ3) is 3.05. The molecule has 0 amide bonds. The summed E-state index contributed by atoms with van der Waals surface area (Å²) in [5.74, 6) is -0.825. The average Bonchev–Trinajstić information content (AvgIpc) is 2.63. The molecule has 0 radical (unpaired) electrons. The number of rotatable bonds is 5. The van der Waals surface area contributed by atoms with Gasteiger partial charge < -0.3 is 29.3 Å². The lowest BCUT2D eigenvalue weighted by Crippen LogP contribution is -2.08. The van der Waals surface area contributed by atoms with Crippen molar-refractivity contribution in [1.29, 1.82) is 0 Å². The largest absolute Gasteiger partial charge is 0.507 e. The van der Waals surface area contributed by atoms with E-state index >= 15 is 0 Å². The van der Waals surface area contributed by atoms with Gasteiger partial charge >= 0.3 is 0 Å². The molecule has 0 bridgehead atoms. The lowest BCUT2D eigenvalue weighted by atomic mass is 9.99. The van der Waals surface area contributed by atoms with E-state index in [1.54, 1.807) is 6.08 Å². The van der Waals surface area contributed by atoms with E-state index in [1.165, 1.54) is 19.2 Å². The molecule has 28 heavy (non-hydrogen) atoms. The number of fused-ring (bicyclic) bond motifs is 2. The number of methoxy groups -OCH3 is 1. The van der Waals surface area contributed by atoms with Crippen molar-refractivity contribution in [3.05, 3.63) is 45.1 Å². The van der Waals surface area contributed by atoms with Gasteiger partial charge in [-0.1, -0.05) is 11.6 Å². The van der Waals surface area contributed by atoms with E-state index in [9.17, 15) is 24.9 Å². The van der Waals surface area contributed by atoms with E-state index in [0.717, 1.165) is 5.57 Å². The third-order valence-electron chi connectivity index (χ3n) is 4.56. The number of allylic oxidation sites excluding steroid dienone is 2. The van der Waals surface area contributed by atoms with Crippen LogP contribution in [0.15, 0.2) is 33.0 Å². The Morgan fingerprint density at radius 1 is 1.07 bits per heavy atom. The van der Waals surface area contributed by atoms with Crippen LogP contribution in [0.2, 0.25) is 0 Å². The normalized spacial score (nSPS) is 11.0. The van der Waals surface area contributed by atoms with Gasteiger partial charge in [0, 0.05) is 29.7 Å². The molecule has 0 atom stereocenters. The summed E-state index contributed by atoms with van der Waals surface area (Å²) in [6.45, 7) is 3.75. The predicted molar refractivity (Wildman–Crippen MR) is 104 cm³/mol. The molecule has 0 fully saturated rings. The first-order valence-electron chi connectivity index (χ1n) is 8.60. The van der Waals surface area contributed by atoms with Crippen molar-refractivity contribution >= 4 is 28.2 Å². The fourth-order valence-corrected chi connectivity index (χ4v) is 3.19. The summed E-state index contributed by atoms with van der Waals surface area (Å²) >= 11 is 0. The first kappa shape index (κ1) is 19.3. The molecule has 0 spiro atoms. The van der Waals surface area contributed by atoms with Gasteiger partial charge in [-0.05, 0) is 20.3 Å². The van der Waals surface area contributed by atoms with Crippen molar-refractivity contribution in [3.8, 4) is 23.0 Å². The van der Waals surface area contributed by atoms with Crippen LogP contribution in [0.1, 0.15) is 25.0 Å². The average molecular weight is 384 g/mol. The molecular weight excluding hydrogens is 364 g/mol. The minimum atomic E-state index is -0.627. The number of carbonyl (C=O) groups is 1. The Morgan fingerprint density at radius 3 is 2.39 bits per heavy atom. The molecular formula is C21H20O7. The number of carbonyl (C=O) groups excluding carboxylic acids is 1. The highest BCUT2D eigenvalue weighted by Crippen LogP contribution is 2.40. The molecule has 3 N–H and O–H groups in total. The predicted octanol–water partition coefficient (Wildman–Crippen LogP) is 3.32. The number of hydrogen-bond donors (Lipinski definition) is 3. The van der Waals surface area contributed by atoms with Crippen LogP contribution in [0.3, 0.4) is 0 Å². The summed E-state index contributed by atoms with van der Waals surface area (Å²) in [6.07, 6.45) is 2.49. The first-order valence-corrected chi connectivity index (χ1v) is 8.60. The Bertz CT molecular complexity index is 1180. The second kappa shape index (κ2) is 7.26.